The van der Waals surface area contributed by atoms with Crippen LogP contribution < -0.4 is 20.6 Å². The molecule has 0 spiro atoms. The van der Waals surface area contributed by atoms with Crippen molar-refractivity contribution in [2.75, 3.05) is 24.9 Å². The van der Waals surface area contributed by atoms with E-state index in [0.717, 1.165) is 5.56 Å². The van der Waals surface area contributed by atoms with Gasteiger partial charge in [0.25, 0.3) is 0 Å². The maximum absolute atomic E-state index is 11.5. The van der Waals surface area contributed by atoms with E-state index in [4.69, 9.17) is 19.6 Å². The van der Waals surface area contributed by atoms with Crippen molar-refractivity contribution in [2.45, 2.75) is 13.5 Å². The molecule has 152 valence electrons. The van der Waals surface area contributed by atoms with E-state index >= 15 is 0 Å². The molecule has 0 aliphatic rings. The number of hydrogen-bond acceptors (Lipinski definition) is 10. The molecular formula is C19H20N4O5S. The third-order valence-electron chi connectivity index (χ3n) is 3.58. The van der Waals surface area contributed by atoms with Crippen molar-refractivity contribution in [3.63, 3.8) is 0 Å². The number of nitrogens with zero attached hydrogens (tertiary/aromatic N) is 2. The van der Waals surface area contributed by atoms with E-state index in [0.29, 0.717) is 34.8 Å². The monoisotopic (exact) mass is 416 g/mol. The zero-order valence-electron chi connectivity index (χ0n) is 15.9. The quantitative estimate of drug-likeness (QED) is 0.309. The second kappa shape index (κ2) is 9.60. The van der Waals surface area contributed by atoms with E-state index in [9.17, 15) is 4.79 Å². The van der Waals surface area contributed by atoms with E-state index in [-0.39, 0.29) is 12.4 Å². The first kappa shape index (κ1) is 20.2. The van der Waals surface area contributed by atoms with Gasteiger partial charge in [-0.15, -0.1) is 11.3 Å². The number of nitrogens with two attached hydrogens (primary N) is 1. The number of nitrogen functional groups attached to an aromatic ring is 1. The highest BCUT2D eigenvalue weighted by Crippen LogP contribution is 2.29. The summed E-state index contributed by atoms with van der Waals surface area (Å²) >= 11 is 1.36. The molecule has 0 atom stereocenters. The number of methoxy groups -OCH3 is 1. The van der Waals surface area contributed by atoms with Gasteiger partial charge in [-0.2, -0.15) is 5.10 Å². The zero-order valence-corrected chi connectivity index (χ0v) is 16.7. The van der Waals surface area contributed by atoms with Crippen molar-refractivity contribution in [3.8, 4) is 11.5 Å². The van der Waals surface area contributed by atoms with Crippen LogP contribution in [0.5, 0.6) is 11.5 Å². The predicted octanol–water partition coefficient (Wildman–Crippen LogP) is 3.53. The molecule has 3 N–H and O–H groups in total. The average Bonchev–Trinajstić information content (AvgIpc) is 3.36. The Morgan fingerprint density at radius 2 is 2.17 bits per heavy atom. The highest BCUT2D eigenvalue weighted by molar-refractivity contribution is 7.14. The van der Waals surface area contributed by atoms with Gasteiger partial charge in [0.1, 0.15) is 18.2 Å². The number of ether oxygens (including phenoxy) is 3. The molecule has 29 heavy (non-hydrogen) atoms. The highest BCUT2D eigenvalue weighted by atomic mass is 32.1. The molecule has 0 amide bonds. The maximum Gasteiger partial charge on any atom is 0.373 e. The van der Waals surface area contributed by atoms with Crippen LogP contribution in [0.1, 0.15) is 28.8 Å². The number of carbonyl (C=O) groups is 1. The van der Waals surface area contributed by atoms with E-state index in [2.05, 4.69) is 20.2 Å². The molecule has 1 aromatic carbocycles. The number of furan rings is 1. The molecular weight excluding hydrogens is 396 g/mol. The molecule has 10 heteroatoms. The SMILES string of the molecule is CCOc1cc(C=NNc2nc(N)cs2)ccc1OCc1ccc(C(=O)OC)o1. The van der Waals surface area contributed by atoms with Gasteiger partial charge in [-0.1, -0.05) is 0 Å². The summed E-state index contributed by atoms with van der Waals surface area (Å²) in [6, 6.07) is 8.61. The first-order valence-corrected chi connectivity index (χ1v) is 9.53. The van der Waals surface area contributed by atoms with Gasteiger partial charge < -0.3 is 24.4 Å². The Hall–Kier alpha value is -3.53. The first-order chi connectivity index (χ1) is 14.1. The lowest BCUT2D eigenvalue weighted by atomic mass is 10.2. The van der Waals surface area contributed by atoms with E-state index in [1.54, 1.807) is 23.7 Å². The fourth-order valence-corrected chi connectivity index (χ4v) is 2.86. The molecule has 3 aromatic rings. The van der Waals surface area contributed by atoms with Crippen molar-refractivity contribution in [1.82, 2.24) is 4.98 Å². The van der Waals surface area contributed by atoms with Crippen molar-refractivity contribution in [1.29, 1.82) is 0 Å². The fraction of sp³-hybridized carbons (Fsp3) is 0.211. The molecule has 0 aliphatic carbocycles. The number of thiazole rings is 1. The molecule has 9 nitrogen and oxygen atoms in total. The summed E-state index contributed by atoms with van der Waals surface area (Å²) in [5.41, 5.74) is 9.20. The molecule has 3 rings (SSSR count). The molecule has 2 aromatic heterocycles. The Labute approximate surface area is 171 Å². The molecule has 0 saturated carbocycles. The van der Waals surface area contributed by atoms with Crippen LogP contribution in [0.15, 0.2) is 45.2 Å². The Morgan fingerprint density at radius 1 is 1.31 bits per heavy atom. The standard InChI is InChI=1S/C19H20N4O5S/c1-3-26-16-8-12(9-21-23-19-22-17(20)11-29-19)4-6-14(16)27-10-13-5-7-15(28-13)18(24)25-2/h4-9,11H,3,10,20H2,1-2H3,(H,22,23). The van der Waals surface area contributed by atoms with E-state index in [1.165, 1.54) is 24.5 Å². The van der Waals surface area contributed by atoms with Crippen LogP contribution in [0.4, 0.5) is 10.9 Å². The largest absolute Gasteiger partial charge is 0.490 e. The minimum Gasteiger partial charge on any atom is -0.490 e. The smallest absolute Gasteiger partial charge is 0.373 e. The van der Waals surface area contributed by atoms with Gasteiger partial charge in [-0.25, -0.2) is 9.78 Å². The molecule has 0 saturated heterocycles. The first-order valence-electron chi connectivity index (χ1n) is 8.65. The van der Waals surface area contributed by atoms with Crippen LogP contribution in [-0.4, -0.2) is 30.9 Å². The van der Waals surface area contributed by atoms with Crippen LogP contribution in [0.2, 0.25) is 0 Å². The van der Waals surface area contributed by atoms with Gasteiger partial charge in [0, 0.05) is 5.38 Å². The molecule has 0 fully saturated rings. The molecule has 2 heterocycles. The maximum atomic E-state index is 11.5. The number of hydrogen-bond donors (Lipinski definition) is 2. The predicted molar refractivity (Wildman–Crippen MR) is 110 cm³/mol. The lowest BCUT2D eigenvalue weighted by Crippen LogP contribution is -2.01. The Kier molecular flexibility index (Phi) is 6.69. The summed E-state index contributed by atoms with van der Waals surface area (Å²) in [5, 5.41) is 6.47. The summed E-state index contributed by atoms with van der Waals surface area (Å²) in [7, 11) is 1.29. The van der Waals surface area contributed by atoms with Crippen LogP contribution >= 0.6 is 11.3 Å². The number of anilines is 2. The third-order valence-corrected chi connectivity index (χ3v) is 4.35. The Bertz CT molecular complexity index is 998. The number of nitrogens with one attached hydrogen (secondary N) is 1. The molecule has 0 unspecified atom stereocenters. The minimum atomic E-state index is -0.538. The van der Waals surface area contributed by atoms with Gasteiger partial charge >= 0.3 is 5.97 Å². The molecule has 0 bridgehead atoms. The lowest BCUT2D eigenvalue weighted by Gasteiger charge is -2.11. The molecule has 0 aliphatic heterocycles. The molecule has 0 radical (unpaired) electrons. The summed E-state index contributed by atoms with van der Waals surface area (Å²) in [6.07, 6.45) is 1.64. The topological polar surface area (TPSA) is 121 Å². The van der Waals surface area contributed by atoms with Crippen LogP contribution in [0, 0.1) is 0 Å². The van der Waals surface area contributed by atoms with Gasteiger partial charge in [-0.05, 0) is 42.8 Å². The second-order valence-electron chi connectivity index (χ2n) is 5.63. The van der Waals surface area contributed by atoms with Crippen molar-refractivity contribution in [2.24, 2.45) is 5.10 Å². The Morgan fingerprint density at radius 3 is 2.90 bits per heavy atom. The van der Waals surface area contributed by atoms with Crippen molar-refractivity contribution < 1.29 is 23.4 Å². The Balaban J connectivity index is 1.65. The number of rotatable bonds is 9. The minimum absolute atomic E-state index is 0.122. The number of carbonyl (C=O) groups excluding carboxylic acids is 1. The zero-order chi connectivity index (χ0) is 20.6. The highest BCUT2D eigenvalue weighted by Gasteiger charge is 2.12. The van der Waals surface area contributed by atoms with Crippen molar-refractivity contribution >= 4 is 34.5 Å². The van der Waals surface area contributed by atoms with Gasteiger partial charge in [0.2, 0.25) is 10.9 Å². The van der Waals surface area contributed by atoms with Crippen LogP contribution in [-0.2, 0) is 11.3 Å². The normalized spacial score (nSPS) is 10.8. The number of benzene rings is 1. The van der Waals surface area contributed by atoms with E-state index in [1.807, 2.05) is 19.1 Å². The van der Waals surface area contributed by atoms with Crippen molar-refractivity contribution in [3.05, 3.63) is 52.8 Å². The van der Waals surface area contributed by atoms with E-state index < -0.39 is 5.97 Å². The fourth-order valence-electron chi connectivity index (χ4n) is 2.31. The summed E-state index contributed by atoms with van der Waals surface area (Å²) in [6.45, 7) is 2.49. The van der Waals surface area contributed by atoms with Crippen LogP contribution in [0.3, 0.4) is 0 Å². The summed E-state index contributed by atoms with van der Waals surface area (Å²) in [5.74, 6) is 1.63. The number of aromatic nitrogens is 1. The average molecular weight is 416 g/mol. The van der Waals surface area contributed by atoms with Crippen LogP contribution in [0.25, 0.3) is 0 Å². The van der Waals surface area contributed by atoms with Gasteiger partial charge in [-0.3, -0.25) is 5.43 Å². The third kappa shape index (κ3) is 5.48. The summed E-state index contributed by atoms with van der Waals surface area (Å²) < 4.78 is 21.4. The second-order valence-corrected chi connectivity index (χ2v) is 6.49. The lowest BCUT2D eigenvalue weighted by molar-refractivity contribution is 0.0561. The number of hydrazone groups is 1. The van der Waals surface area contributed by atoms with Gasteiger partial charge in [0.05, 0.1) is 19.9 Å². The number of esters is 1. The summed E-state index contributed by atoms with van der Waals surface area (Å²) in [4.78, 5) is 15.5. The van der Waals surface area contributed by atoms with Gasteiger partial charge in [0.15, 0.2) is 11.5 Å².